The average molecular weight is 522 g/mol. The van der Waals surface area contributed by atoms with Gasteiger partial charge in [0.2, 0.25) is 15.9 Å². The third-order valence-electron chi connectivity index (χ3n) is 5.04. The molecule has 0 heterocycles. The number of nitrogens with zero attached hydrogens (tertiary/aromatic N) is 1. The van der Waals surface area contributed by atoms with E-state index in [0.29, 0.717) is 27.6 Å². The monoisotopic (exact) mass is 521 g/mol. The Labute approximate surface area is 204 Å². The summed E-state index contributed by atoms with van der Waals surface area (Å²) < 4.78 is 53.7. The Balaban J connectivity index is 1.77. The zero-order chi connectivity index (χ0) is 25.1. The van der Waals surface area contributed by atoms with E-state index in [1.165, 1.54) is 31.2 Å². The second kappa shape index (κ2) is 10.0. The van der Waals surface area contributed by atoms with Crippen LogP contribution in [0.1, 0.15) is 12.5 Å². The van der Waals surface area contributed by atoms with Crippen molar-refractivity contribution in [1.29, 1.82) is 0 Å². The second-order valence-corrected chi connectivity index (χ2v) is 11.6. The summed E-state index contributed by atoms with van der Waals surface area (Å²) >= 11 is 6.06. The molecule has 34 heavy (non-hydrogen) atoms. The van der Waals surface area contributed by atoms with Crippen LogP contribution in [0.5, 0.6) is 0 Å². The number of nitrogens with one attached hydrogen (secondary N) is 2. The van der Waals surface area contributed by atoms with Crippen LogP contribution in [0, 0.1) is 6.92 Å². The maximum Gasteiger partial charge on any atom is 0.261 e. The summed E-state index contributed by atoms with van der Waals surface area (Å²) in [6.07, 6.45) is 1.03. The van der Waals surface area contributed by atoms with Crippen molar-refractivity contribution in [3.05, 3.63) is 83.4 Å². The predicted octanol–water partition coefficient (Wildman–Crippen LogP) is 4.24. The number of hydrogen-bond donors (Lipinski definition) is 2. The largest absolute Gasteiger partial charge is 0.324 e. The van der Waals surface area contributed by atoms with E-state index in [4.69, 9.17) is 11.6 Å². The highest BCUT2D eigenvalue weighted by Gasteiger charge is 2.29. The zero-order valence-corrected chi connectivity index (χ0v) is 21.1. The molecule has 0 aromatic heterocycles. The molecule has 8 nitrogen and oxygen atoms in total. The Hall–Kier alpha value is -3.08. The number of amides is 1. The zero-order valence-electron chi connectivity index (χ0n) is 18.7. The number of carbonyl (C=O) groups is 1. The van der Waals surface area contributed by atoms with Crippen molar-refractivity contribution in [3.63, 3.8) is 0 Å². The molecule has 0 radical (unpaired) electrons. The highest BCUT2D eigenvalue weighted by atomic mass is 35.5. The molecule has 3 aromatic carbocycles. The third-order valence-corrected chi connectivity index (χ3v) is 8.08. The van der Waals surface area contributed by atoms with Crippen molar-refractivity contribution in [2.75, 3.05) is 20.6 Å². The summed E-state index contributed by atoms with van der Waals surface area (Å²) in [6, 6.07) is 17.7. The average Bonchev–Trinajstić information content (AvgIpc) is 2.77. The maximum absolute atomic E-state index is 12.8. The molecule has 3 aromatic rings. The first-order chi connectivity index (χ1) is 15.9. The Morgan fingerprint density at radius 1 is 0.912 bits per heavy atom. The van der Waals surface area contributed by atoms with Crippen LogP contribution < -0.4 is 14.3 Å². The molecule has 1 amide bonds. The molecule has 0 aliphatic heterocycles. The minimum Gasteiger partial charge on any atom is -0.324 e. The molecule has 0 spiro atoms. The number of anilines is 3. The van der Waals surface area contributed by atoms with Gasteiger partial charge >= 0.3 is 0 Å². The maximum atomic E-state index is 12.8. The molecule has 0 saturated carbocycles. The lowest BCUT2D eigenvalue weighted by Gasteiger charge is -2.28. The standard InChI is InChI=1S/C23H24ClN3O5S2/c1-16-21(24)10-7-11-22(16)26-34(31,32)20-14-12-18(13-15-20)25-23(28)17(2)27(33(3,29)30)19-8-5-4-6-9-19/h4-15,17,26H,1-3H3,(H,25,28). The fourth-order valence-corrected chi connectivity index (χ4v) is 5.74. The molecule has 2 N–H and O–H groups in total. The summed E-state index contributed by atoms with van der Waals surface area (Å²) in [7, 11) is -7.63. The van der Waals surface area contributed by atoms with E-state index < -0.39 is 32.0 Å². The first kappa shape index (κ1) is 25.5. The lowest BCUT2D eigenvalue weighted by atomic mass is 10.2. The van der Waals surface area contributed by atoms with E-state index in [-0.39, 0.29) is 4.90 Å². The number of para-hydroxylation sites is 1. The fraction of sp³-hybridized carbons (Fsp3) is 0.174. The fourth-order valence-electron chi connectivity index (χ4n) is 3.27. The Morgan fingerprint density at radius 2 is 1.53 bits per heavy atom. The van der Waals surface area contributed by atoms with Gasteiger partial charge in [-0.15, -0.1) is 0 Å². The van der Waals surface area contributed by atoms with Crippen molar-refractivity contribution in [1.82, 2.24) is 0 Å². The molecule has 11 heteroatoms. The minimum absolute atomic E-state index is 0.0139. The molecule has 1 unspecified atom stereocenters. The van der Waals surface area contributed by atoms with Gasteiger partial charge in [0.15, 0.2) is 0 Å². The van der Waals surface area contributed by atoms with Crippen LogP contribution in [0.2, 0.25) is 5.02 Å². The van der Waals surface area contributed by atoms with Crippen LogP contribution in [-0.4, -0.2) is 35.0 Å². The van der Waals surface area contributed by atoms with Crippen LogP contribution in [0.15, 0.2) is 77.7 Å². The van der Waals surface area contributed by atoms with Gasteiger partial charge in [0, 0.05) is 10.7 Å². The summed E-state index contributed by atoms with van der Waals surface area (Å²) in [5, 5.41) is 3.07. The van der Waals surface area contributed by atoms with Gasteiger partial charge in [-0.05, 0) is 67.9 Å². The normalized spacial score (nSPS) is 12.6. The first-order valence-corrected chi connectivity index (χ1v) is 13.8. The van der Waals surface area contributed by atoms with E-state index in [1.54, 1.807) is 55.5 Å². The SMILES string of the molecule is Cc1c(Cl)cccc1NS(=O)(=O)c1ccc(NC(=O)C(C)N(c2ccccc2)S(C)(=O)=O)cc1. The molecule has 0 aliphatic rings. The highest BCUT2D eigenvalue weighted by molar-refractivity contribution is 7.92. The predicted molar refractivity (Wildman–Crippen MR) is 135 cm³/mol. The number of sulfonamides is 2. The van der Waals surface area contributed by atoms with Crippen LogP contribution in [0.4, 0.5) is 17.1 Å². The van der Waals surface area contributed by atoms with E-state index in [9.17, 15) is 21.6 Å². The summed E-state index contributed by atoms with van der Waals surface area (Å²) in [5.74, 6) is -0.572. The van der Waals surface area contributed by atoms with Crippen LogP contribution in [-0.2, 0) is 24.8 Å². The van der Waals surface area contributed by atoms with Crippen molar-refractivity contribution in [2.45, 2.75) is 24.8 Å². The van der Waals surface area contributed by atoms with Gasteiger partial charge in [-0.1, -0.05) is 35.9 Å². The number of carbonyl (C=O) groups excluding carboxylic acids is 1. The molecule has 0 aliphatic carbocycles. The molecule has 1 atom stereocenters. The molecule has 180 valence electrons. The molecular weight excluding hydrogens is 498 g/mol. The first-order valence-electron chi connectivity index (χ1n) is 10.1. The van der Waals surface area contributed by atoms with E-state index in [2.05, 4.69) is 10.0 Å². The highest BCUT2D eigenvalue weighted by Crippen LogP contribution is 2.26. The van der Waals surface area contributed by atoms with E-state index >= 15 is 0 Å². The van der Waals surface area contributed by atoms with Crippen LogP contribution in [0.3, 0.4) is 0 Å². The summed E-state index contributed by atoms with van der Waals surface area (Å²) in [4.78, 5) is 12.8. The van der Waals surface area contributed by atoms with Crippen LogP contribution >= 0.6 is 11.6 Å². The lowest BCUT2D eigenvalue weighted by Crippen LogP contribution is -2.45. The molecule has 3 rings (SSSR count). The third kappa shape index (κ3) is 5.88. The quantitative estimate of drug-likeness (QED) is 0.460. The van der Waals surface area contributed by atoms with Gasteiger partial charge in [-0.2, -0.15) is 0 Å². The second-order valence-electron chi connectivity index (χ2n) is 7.60. The number of hydrogen-bond acceptors (Lipinski definition) is 5. The van der Waals surface area contributed by atoms with Gasteiger partial charge < -0.3 is 5.32 Å². The van der Waals surface area contributed by atoms with Crippen molar-refractivity contribution in [3.8, 4) is 0 Å². The van der Waals surface area contributed by atoms with E-state index in [1.807, 2.05) is 0 Å². The lowest BCUT2D eigenvalue weighted by molar-refractivity contribution is -0.116. The smallest absolute Gasteiger partial charge is 0.261 e. The minimum atomic E-state index is -3.89. The Bertz CT molecular complexity index is 1390. The van der Waals surface area contributed by atoms with E-state index in [0.717, 1.165) is 10.6 Å². The van der Waals surface area contributed by atoms with Gasteiger partial charge in [0.1, 0.15) is 6.04 Å². The van der Waals surface area contributed by atoms with Gasteiger partial charge in [-0.25, -0.2) is 16.8 Å². The number of rotatable bonds is 8. The topological polar surface area (TPSA) is 113 Å². The van der Waals surface area contributed by atoms with Crippen molar-refractivity contribution >= 4 is 54.6 Å². The number of benzene rings is 3. The van der Waals surface area contributed by atoms with Gasteiger partial charge in [0.05, 0.1) is 22.5 Å². The summed E-state index contributed by atoms with van der Waals surface area (Å²) in [5.41, 5.74) is 1.63. The number of halogens is 1. The summed E-state index contributed by atoms with van der Waals surface area (Å²) in [6.45, 7) is 3.18. The van der Waals surface area contributed by atoms with Crippen molar-refractivity contribution < 1.29 is 21.6 Å². The van der Waals surface area contributed by atoms with Crippen molar-refractivity contribution in [2.24, 2.45) is 0 Å². The van der Waals surface area contributed by atoms with Crippen LogP contribution in [0.25, 0.3) is 0 Å². The molecule has 0 saturated heterocycles. The molecule has 0 bridgehead atoms. The molecular formula is C23H24ClN3O5S2. The Morgan fingerprint density at radius 3 is 2.12 bits per heavy atom. The van der Waals surface area contributed by atoms with Gasteiger partial charge in [0.25, 0.3) is 10.0 Å². The molecule has 0 fully saturated rings. The Kier molecular flexibility index (Phi) is 7.54. The van der Waals surface area contributed by atoms with Gasteiger partial charge in [-0.3, -0.25) is 13.8 Å².